The standard InChI is InChI=1S/C16H15F2NO2/c17-16(18)21-13-3-1-2-11(9-13)15(19)12-4-5-14-10(8-12)6-7-20-14/h1-5,8-9,15-16H,6-7,19H2. The summed E-state index contributed by atoms with van der Waals surface area (Å²) in [6, 6.07) is 11.9. The van der Waals surface area contributed by atoms with E-state index in [-0.39, 0.29) is 5.75 Å². The van der Waals surface area contributed by atoms with Crippen molar-refractivity contribution in [1.29, 1.82) is 0 Å². The molecule has 1 heterocycles. The summed E-state index contributed by atoms with van der Waals surface area (Å²) in [6.07, 6.45) is 0.866. The average molecular weight is 291 g/mol. The Morgan fingerprint density at radius 2 is 1.90 bits per heavy atom. The van der Waals surface area contributed by atoms with Gasteiger partial charge in [0.1, 0.15) is 11.5 Å². The number of hydrogen-bond acceptors (Lipinski definition) is 3. The first-order valence-electron chi connectivity index (χ1n) is 6.69. The predicted molar refractivity (Wildman–Crippen MR) is 74.7 cm³/mol. The van der Waals surface area contributed by atoms with Gasteiger partial charge in [0.2, 0.25) is 0 Å². The molecule has 1 atom stereocenters. The van der Waals surface area contributed by atoms with Crippen molar-refractivity contribution in [2.24, 2.45) is 5.73 Å². The van der Waals surface area contributed by atoms with Gasteiger partial charge in [0.15, 0.2) is 0 Å². The highest BCUT2D eigenvalue weighted by atomic mass is 19.3. The van der Waals surface area contributed by atoms with E-state index in [4.69, 9.17) is 10.5 Å². The third-order valence-corrected chi connectivity index (χ3v) is 3.52. The molecule has 2 aromatic carbocycles. The zero-order chi connectivity index (χ0) is 14.8. The molecule has 0 fully saturated rings. The Kier molecular flexibility index (Phi) is 3.75. The molecule has 0 saturated carbocycles. The molecular weight excluding hydrogens is 276 g/mol. The van der Waals surface area contributed by atoms with Crippen molar-refractivity contribution in [2.75, 3.05) is 6.61 Å². The van der Waals surface area contributed by atoms with Crippen LogP contribution in [0.5, 0.6) is 11.5 Å². The second kappa shape index (κ2) is 5.69. The third kappa shape index (κ3) is 2.97. The molecule has 21 heavy (non-hydrogen) atoms. The molecule has 1 aliphatic rings. The summed E-state index contributed by atoms with van der Waals surface area (Å²) in [5.41, 5.74) is 9.01. The van der Waals surface area contributed by atoms with Gasteiger partial charge in [-0.15, -0.1) is 0 Å². The van der Waals surface area contributed by atoms with Gasteiger partial charge < -0.3 is 15.2 Å². The minimum atomic E-state index is -2.84. The van der Waals surface area contributed by atoms with Crippen LogP contribution in [-0.4, -0.2) is 13.2 Å². The van der Waals surface area contributed by atoms with E-state index < -0.39 is 12.7 Å². The molecule has 0 amide bonds. The topological polar surface area (TPSA) is 44.5 Å². The maximum Gasteiger partial charge on any atom is 0.387 e. The molecular formula is C16H15F2NO2. The van der Waals surface area contributed by atoms with Crippen molar-refractivity contribution in [3.63, 3.8) is 0 Å². The number of benzene rings is 2. The molecule has 2 N–H and O–H groups in total. The highest BCUT2D eigenvalue weighted by molar-refractivity contribution is 5.44. The summed E-state index contributed by atoms with van der Waals surface area (Å²) in [5.74, 6) is 1.00. The largest absolute Gasteiger partial charge is 0.493 e. The van der Waals surface area contributed by atoms with E-state index in [9.17, 15) is 8.78 Å². The van der Waals surface area contributed by atoms with Crippen LogP contribution >= 0.6 is 0 Å². The lowest BCUT2D eigenvalue weighted by atomic mass is 9.97. The Morgan fingerprint density at radius 1 is 1.10 bits per heavy atom. The molecule has 1 unspecified atom stereocenters. The average Bonchev–Trinajstić information content (AvgIpc) is 2.93. The van der Waals surface area contributed by atoms with E-state index in [1.807, 2.05) is 18.2 Å². The number of nitrogens with two attached hydrogens (primary N) is 1. The van der Waals surface area contributed by atoms with Gasteiger partial charge in [-0.3, -0.25) is 0 Å². The van der Waals surface area contributed by atoms with E-state index in [0.717, 1.165) is 28.9 Å². The van der Waals surface area contributed by atoms with Crippen molar-refractivity contribution in [3.8, 4) is 11.5 Å². The fraction of sp³-hybridized carbons (Fsp3) is 0.250. The van der Waals surface area contributed by atoms with Crippen molar-refractivity contribution in [2.45, 2.75) is 19.1 Å². The van der Waals surface area contributed by atoms with E-state index >= 15 is 0 Å². The van der Waals surface area contributed by atoms with Gasteiger partial charge in [0.05, 0.1) is 12.6 Å². The van der Waals surface area contributed by atoms with Crippen molar-refractivity contribution >= 4 is 0 Å². The fourth-order valence-corrected chi connectivity index (χ4v) is 2.48. The molecule has 0 aromatic heterocycles. The Labute approximate surface area is 121 Å². The molecule has 110 valence electrons. The monoisotopic (exact) mass is 291 g/mol. The smallest absolute Gasteiger partial charge is 0.387 e. The second-order valence-corrected chi connectivity index (χ2v) is 4.89. The molecule has 0 bridgehead atoms. The number of halogens is 2. The van der Waals surface area contributed by atoms with Gasteiger partial charge >= 0.3 is 6.61 Å². The van der Waals surface area contributed by atoms with Crippen LogP contribution < -0.4 is 15.2 Å². The van der Waals surface area contributed by atoms with Gasteiger partial charge in [-0.2, -0.15) is 8.78 Å². The number of rotatable bonds is 4. The normalized spacial score (nSPS) is 14.7. The van der Waals surface area contributed by atoms with Crippen LogP contribution in [0.2, 0.25) is 0 Å². The Bertz CT molecular complexity index is 646. The summed E-state index contributed by atoms with van der Waals surface area (Å²) < 4.78 is 34.4. The Hall–Kier alpha value is -2.14. The minimum Gasteiger partial charge on any atom is -0.493 e. The van der Waals surface area contributed by atoms with Gasteiger partial charge in [0.25, 0.3) is 0 Å². The lowest BCUT2D eigenvalue weighted by Crippen LogP contribution is -2.12. The van der Waals surface area contributed by atoms with Crippen molar-refractivity contribution < 1.29 is 18.3 Å². The van der Waals surface area contributed by atoms with Gasteiger partial charge in [-0.1, -0.05) is 24.3 Å². The first kappa shape index (κ1) is 13.8. The fourth-order valence-electron chi connectivity index (χ4n) is 2.48. The molecule has 3 nitrogen and oxygen atoms in total. The summed E-state index contributed by atoms with van der Waals surface area (Å²) >= 11 is 0. The molecule has 2 aromatic rings. The van der Waals surface area contributed by atoms with Crippen LogP contribution in [0.15, 0.2) is 42.5 Å². The van der Waals surface area contributed by atoms with Gasteiger partial charge in [0, 0.05) is 6.42 Å². The summed E-state index contributed by atoms with van der Waals surface area (Å²) in [7, 11) is 0. The van der Waals surface area contributed by atoms with Crippen LogP contribution in [0, 0.1) is 0 Å². The lowest BCUT2D eigenvalue weighted by molar-refractivity contribution is -0.0498. The molecule has 0 saturated heterocycles. The van der Waals surface area contributed by atoms with E-state index in [1.165, 1.54) is 6.07 Å². The number of fused-ring (bicyclic) bond motifs is 1. The molecule has 0 aliphatic carbocycles. The second-order valence-electron chi connectivity index (χ2n) is 4.89. The minimum absolute atomic E-state index is 0.113. The quantitative estimate of drug-likeness (QED) is 0.940. The molecule has 5 heteroatoms. The Morgan fingerprint density at radius 3 is 2.71 bits per heavy atom. The predicted octanol–water partition coefficient (Wildman–Crippen LogP) is 3.27. The van der Waals surface area contributed by atoms with Crippen LogP contribution in [0.1, 0.15) is 22.7 Å². The number of hydrogen-bond donors (Lipinski definition) is 1. The molecule has 0 spiro atoms. The maximum absolute atomic E-state index is 12.3. The first-order chi connectivity index (χ1) is 10.1. The highest BCUT2D eigenvalue weighted by Gasteiger charge is 2.16. The molecule has 0 radical (unpaired) electrons. The van der Waals surface area contributed by atoms with Crippen LogP contribution in [0.4, 0.5) is 8.78 Å². The van der Waals surface area contributed by atoms with Crippen molar-refractivity contribution in [3.05, 3.63) is 59.2 Å². The van der Waals surface area contributed by atoms with Crippen LogP contribution in [-0.2, 0) is 6.42 Å². The highest BCUT2D eigenvalue weighted by Crippen LogP contribution is 2.30. The summed E-state index contributed by atoms with van der Waals surface area (Å²) in [4.78, 5) is 0. The first-order valence-corrected chi connectivity index (χ1v) is 6.69. The van der Waals surface area contributed by atoms with Crippen molar-refractivity contribution in [1.82, 2.24) is 0 Å². The van der Waals surface area contributed by atoms with Crippen LogP contribution in [0.3, 0.4) is 0 Å². The van der Waals surface area contributed by atoms with Gasteiger partial charge in [-0.05, 0) is 34.9 Å². The maximum atomic E-state index is 12.3. The third-order valence-electron chi connectivity index (χ3n) is 3.52. The molecule has 3 rings (SSSR count). The summed E-state index contributed by atoms with van der Waals surface area (Å²) in [5, 5.41) is 0. The Balaban J connectivity index is 1.86. The van der Waals surface area contributed by atoms with E-state index in [0.29, 0.717) is 6.61 Å². The zero-order valence-electron chi connectivity index (χ0n) is 11.3. The molecule has 1 aliphatic heterocycles. The SMILES string of the molecule is NC(c1cccc(OC(F)F)c1)c1ccc2c(c1)CCO2. The zero-order valence-corrected chi connectivity index (χ0v) is 11.3. The number of alkyl halides is 2. The summed E-state index contributed by atoms with van der Waals surface area (Å²) in [6.45, 7) is -2.15. The van der Waals surface area contributed by atoms with Crippen LogP contribution in [0.25, 0.3) is 0 Å². The lowest BCUT2D eigenvalue weighted by Gasteiger charge is -2.15. The van der Waals surface area contributed by atoms with E-state index in [1.54, 1.807) is 18.2 Å². The van der Waals surface area contributed by atoms with E-state index in [2.05, 4.69) is 4.74 Å². The van der Waals surface area contributed by atoms with Gasteiger partial charge in [-0.25, -0.2) is 0 Å². The number of ether oxygens (including phenoxy) is 2.